The van der Waals surface area contributed by atoms with Gasteiger partial charge in [0.2, 0.25) is 5.91 Å². The summed E-state index contributed by atoms with van der Waals surface area (Å²) in [6.07, 6.45) is 1.16. The molecule has 0 aromatic heterocycles. The first-order chi connectivity index (χ1) is 12.8. The smallest absolute Gasteiger partial charge is 0.248 e. The van der Waals surface area contributed by atoms with Gasteiger partial charge in [-0.3, -0.25) is 4.79 Å². The van der Waals surface area contributed by atoms with E-state index in [2.05, 4.69) is 4.99 Å². The van der Waals surface area contributed by atoms with Gasteiger partial charge in [-0.05, 0) is 30.0 Å². The lowest BCUT2D eigenvalue weighted by Crippen LogP contribution is -2.39. The van der Waals surface area contributed by atoms with Crippen molar-refractivity contribution in [3.8, 4) is 5.75 Å². The van der Waals surface area contributed by atoms with Crippen LogP contribution in [0, 0.1) is 5.92 Å². The first-order valence-corrected chi connectivity index (χ1v) is 11.9. The number of thioether (sulfide) groups is 1. The molecule has 1 aromatic carbocycles. The molecule has 148 valence electrons. The molecule has 3 rings (SSSR count). The molecule has 8 heteroatoms. The van der Waals surface area contributed by atoms with Gasteiger partial charge in [0.05, 0.1) is 24.7 Å². The molecule has 1 amide bonds. The Morgan fingerprint density at radius 1 is 1.30 bits per heavy atom. The Labute approximate surface area is 165 Å². The zero-order valence-corrected chi connectivity index (χ0v) is 17.6. The van der Waals surface area contributed by atoms with Gasteiger partial charge >= 0.3 is 0 Å². The van der Waals surface area contributed by atoms with Crippen molar-refractivity contribution < 1.29 is 17.9 Å². The van der Waals surface area contributed by atoms with Crippen LogP contribution < -0.4 is 4.74 Å². The molecule has 2 fully saturated rings. The molecule has 2 saturated heterocycles. The second-order valence-corrected chi connectivity index (χ2v) is 10.8. The van der Waals surface area contributed by atoms with Crippen LogP contribution in [-0.4, -0.2) is 60.8 Å². The molecule has 0 saturated carbocycles. The van der Waals surface area contributed by atoms with E-state index in [9.17, 15) is 13.2 Å². The number of aliphatic imine (C=N–C) groups is 1. The summed E-state index contributed by atoms with van der Waals surface area (Å²) in [6.45, 7) is 4.62. The molecule has 0 N–H and O–H groups in total. The Morgan fingerprint density at radius 3 is 2.63 bits per heavy atom. The topological polar surface area (TPSA) is 76.0 Å². The molecule has 27 heavy (non-hydrogen) atoms. The Morgan fingerprint density at radius 2 is 2.00 bits per heavy atom. The quantitative estimate of drug-likeness (QED) is 0.717. The Hall–Kier alpha value is -1.54. The average Bonchev–Trinajstić information content (AvgIpc) is 3.04. The van der Waals surface area contributed by atoms with E-state index in [1.165, 1.54) is 11.8 Å². The first-order valence-electron chi connectivity index (χ1n) is 9.15. The molecular weight excluding hydrogens is 384 g/mol. The summed E-state index contributed by atoms with van der Waals surface area (Å²) in [5.74, 6) is 1.23. The van der Waals surface area contributed by atoms with Crippen LogP contribution in [0.2, 0.25) is 0 Å². The van der Waals surface area contributed by atoms with E-state index in [0.717, 1.165) is 17.7 Å². The van der Waals surface area contributed by atoms with Crippen LogP contribution in [0.5, 0.6) is 5.75 Å². The number of carbonyl (C=O) groups excluding carboxylic acids is 1. The highest BCUT2D eigenvalue weighted by Crippen LogP contribution is 2.38. The van der Waals surface area contributed by atoms with Crippen LogP contribution in [-0.2, 0) is 21.1 Å². The minimum absolute atomic E-state index is 0.0310. The Balaban J connectivity index is 1.75. The van der Waals surface area contributed by atoms with E-state index in [4.69, 9.17) is 4.74 Å². The summed E-state index contributed by atoms with van der Waals surface area (Å²) in [4.78, 5) is 18.5. The number of benzene rings is 1. The zero-order chi connectivity index (χ0) is 19.6. The fourth-order valence-electron chi connectivity index (χ4n) is 3.44. The maximum absolute atomic E-state index is 12.2. The lowest BCUT2D eigenvalue weighted by molar-refractivity contribution is -0.118. The van der Waals surface area contributed by atoms with E-state index in [1.54, 1.807) is 7.11 Å². The maximum atomic E-state index is 12.2. The predicted octanol–water partition coefficient (Wildman–Crippen LogP) is 2.38. The summed E-state index contributed by atoms with van der Waals surface area (Å²) in [7, 11) is -1.39. The molecule has 0 spiro atoms. The van der Waals surface area contributed by atoms with Gasteiger partial charge in [0.25, 0.3) is 0 Å². The summed E-state index contributed by atoms with van der Waals surface area (Å²) < 4.78 is 29.3. The van der Waals surface area contributed by atoms with E-state index < -0.39 is 9.84 Å². The number of hydrogen-bond acceptors (Lipinski definition) is 5. The van der Waals surface area contributed by atoms with Gasteiger partial charge in [-0.2, -0.15) is 4.99 Å². The highest BCUT2D eigenvalue weighted by molar-refractivity contribution is 8.15. The van der Waals surface area contributed by atoms with Gasteiger partial charge in [-0.25, -0.2) is 8.42 Å². The number of ether oxygens (including phenoxy) is 1. The second kappa shape index (κ2) is 8.22. The van der Waals surface area contributed by atoms with Crippen LogP contribution in [0.25, 0.3) is 0 Å². The number of fused-ring (bicyclic) bond motifs is 1. The van der Waals surface area contributed by atoms with Crippen molar-refractivity contribution >= 4 is 32.7 Å². The third kappa shape index (κ3) is 5.04. The lowest BCUT2D eigenvalue weighted by Gasteiger charge is -2.24. The molecule has 0 unspecified atom stereocenters. The van der Waals surface area contributed by atoms with E-state index >= 15 is 0 Å². The number of carbonyl (C=O) groups is 1. The van der Waals surface area contributed by atoms with Crippen LogP contribution in [0.15, 0.2) is 29.3 Å². The van der Waals surface area contributed by atoms with E-state index in [-0.39, 0.29) is 34.6 Å². The monoisotopic (exact) mass is 410 g/mol. The second-order valence-electron chi connectivity index (χ2n) is 7.48. The third-order valence-corrected chi connectivity index (χ3v) is 8.03. The van der Waals surface area contributed by atoms with Crippen molar-refractivity contribution in [1.29, 1.82) is 0 Å². The molecule has 2 aliphatic rings. The molecule has 2 atom stereocenters. The number of rotatable bonds is 6. The molecule has 0 bridgehead atoms. The zero-order valence-electron chi connectivity index (χ0n) is 15.9. The van der Waals surface area contributed by atoms with Gasteiger partial charge in [-0.1, -0.05) is 37.7 Å². The Kier molecular flexibility index (Phi) is 6.15. The highest BCUT2D eigenvalue weighted by Gasteiger charge is 2.48. The summed E-state index contributed by atoms with van der Waals surface area (Å²) >= 11 is 1.44. The highest BCUT2D eigenvalue weighted by atomic mass is 32.2. The van der Waals surface area contributed by atoms with Crippen molar-refractivity contribution in [2.24, 2.45) is 10.9 Å². The van der Waals surface area contributed by atoms with Gasteiger partial charge in [0.15, 0.2) is 15.0 Å². The van der Waals surface area contributed by atoms with Crippen LogP contribution in [0.1, 0.15) is 25.8 Å². The van der Waals surface area contributed by atoms with E-state index in [1.807, 2.05) is 43.0 Å². The first kappa shape index (κ1) is 20.2. The molecule has 6 nitrogen and oxygen atoms in total. The largest absolute Gasteiger partial charge is 0.497 e. The predicted molar refractivity (Wildman–Crippen MR) is 109 cm³/mol. The fraction of sp³-hybridized carbons (Fsp3) is 0.579. The molecule has 0 aliphatic carbocycles. The number of hydrogen-bond donors (Lipinski definition) is 0. The molecular formula is C19H26N2O4S2. The normalized spacial score (nSPS) is 25.2. The standard InChI is InChI=1S/C19H26N2O4S2/c1-13(2)10-18(22)20-19-21(16-11-27(23,24)12-17(16)26-19)9-8-14-4-6-15(25-3)7-5-14/h4-7,13,16-17H,8-12H2,1-3H3/t16-,17+/m0/s1. The fourth-order valence-corrected chi connectivity index (χ4v) is 7.44. The number of amidine groups is 1. The van der Waals surface area contributed by atoms with Gasteiger partial charge in [0, 0.05) is 18.2 Å². The number of methoxy groups -OCH3 is 1. The summed E-state index contributed by atoms with van der Waals surface area (Å²) in [5.41, 5.74) is 1.14. The Bertz CT molecular complexity index is 819. The van der Waals surface area contributed by atoms with Crippen molar-refractivity contribution in [2.45, 2.75) is 38.0 Å². The number of nitrogens with zero attached hydrogens (tertiary/aromatic N) is 2. The van der Waals surface area contributed by atoms with E-state index in [0.29, 0.717) is 18.1 Å². The SMILES string of the molecule is COc1ccc(CCN2C(=NC(=O)CC(C)C)S[C@@H]3CS(=O)(=O)C[C@@H]32)cc1. The minimum Gasteiger partial charge on any atom is -0.497 e. The number of sulfone groups is 1. The van der Waals surface area contributed by atoms with Gasteiger partial charge in [-0.15, -0.1) is 0 Å². The number of amides is 1. The van der Waals surface area contributed by atoms with Crippen molar-refractivity contribution in [2.75, 3.05) is 25.2 Å². The molecule has 2 heterocycles. The van der Waals surface area contributed by atoms with Crippen molar-refractivity contribution in [1.82, 2.24) is 4.90 Å². The maximum Gasteiger partial charge on any atom is 0.248 e. The summed E-state index contributed by atoms with van der Waals surface area (Å²) in [6, 6.07) is 7.75. The third-order valence-electron chi connectivity index (χ3n) is 4.78. The lowest BCUT2D eigenvalue weighted by atomic mass is 10.1. The average molecular weight is 411 g/mol. The van der Waals surface area contributed by atoms with Crippen LogP contribution in [0.3, 0.4) is 0 Å². The van der Waals surface area contributed by atoms with Crippen LogP contribution in [0.4, 0.5) is 0 Å². The minimum atomic E-state index is -3.02. The van der Waals surface area contributed by atoms with Gasteiger partial charge < -0.3 is 9.64 Å². The molecule has 1 aromatic rings. The van der Waals surface area contributed by atoms with Crippen LogP contribution >= 0.6 is 11.8 Å². The van der Waals surface area contributed by atoms with Gasteiger partial charge in [0.1, 0.15) is 5.75 Å². The van der Waals surface area contributed by atoms with Crippen molar-refractivity contribution in [3.63, 3.8) is 0 Å². The molecule has 0 radical (unpaired) electrons. The summed E-state index contributed by atoms with van der Waals surface area (Å²) in [5, 5.41) is 0.649. The molecule has 2 aliphatic heterocycles. The van der Waals surface area contributed by atoms with Crippen molar-refractivity contribution in [3.05, 3.63) is 29.8 Å².